The number of carbonyl (C=O) groups excluding carboxylic acids is 1. The molecule has 2 aromatic carbocycles. The quantitative estimate of drug-likeness (QED) is 0.458. The molecule has 21 heavy (non-hydrogen) atoms. The van der Waals surface area contributed by atoms with Gasteiger partial charge in [-0.3, -0.25) is 4.79 Å². The largest absolute Gasteiger partial charge is 0.386 e. The normalized spacial score (nSPS) is 10.6. The number of hydrogen-bond donors (Lipinski definition) is 1. The van der Waals surface area contributed by atoms with Gasteiger partial charge in [-0.15, -0.1) is 0 Å². The van der Waals surface area contributed by atoms with Crippen molar-refractivity contribution in [3.8, 4) is 0 Å². The molecule has 1 amide bonds. The second kappa shape index (κ2) is 7.99. The van der Waals surface area contributed by atoms with Gasteiger partial charge in [-0.05, 0) is 58.5 Å². The number of anilines is 1. The zero-order valence-electron chi connectivity index (χ0n) is 10.9. The van der Waals surface area contributed by atoms with Crippen molar-refractivity contribution in [3.05, 3.63) is 62.7 Å². The highest BCUT2D eigenvalue weighted by Crippen LogP contribution is 2.12. The van der Waals surface area contributed by atoms with Crippen LogP contribution in [0, 0.1) is 3.57 Å². The Morgan fingerprint density at radius 2 is 2.05 bits per heavy atom. The van der Waals surface area contributed by atoms with Crippen molar-refractivity contribution < 1.29 is 9.63 Å². The molecule has 0 fully saturated rings. The van der Waals surface area contributed by atoms with Crippen LogP contribution in [0.4, 0.5) is 5.69 Å². The standard InChI is InChI=1S/C15H12ClIN2O2/c16-12-6-4-11(5-7-12)9-18-21-10-15(20)19-14-3-1-2-13(17)8-14/h1-9H,10H2,(H,19,20)/b18-9+. The molecule has 0 bridgehead atoms. The molecule has 108 valence electrons. The van der Waals surface area contributed by atoms with E-state index in [-0.39, 0.29) is 12.5 Å². The molecule has 0 saturated heterocycles. The average molecular weight is 415 g/mol. The predicted octanol–water partition coefficient (Wildman–Crippen LogP) is 3.93. The maximum Gasteiger partial charge on any atom is 0.265 e. The van der Waals surface area contributed by atoms with Crippen LogP contribution in [0.25, 0.3) is 0 Å². The molecule has 0 atom stereocenters. The third-order valence-corrected chi connectivity index (χ3v) is 3.37. The van der Waals surface area contributed by atoms with Gasteiger partial charge in [0, 0.05) is 14.3 Å². The second-order valence-corrected chi connectivity index (χ2v) is 5.80. The average Bonchev–Trinajstić information content (AvgIpc) is 2.45. The summed E-state index contributed by atoms with van der Waals surface area (Å²) in [5.74, 6) is -0.259. The summed E-state index contributed by atoms with van der Waals surface area (Å²) in [6.45, 7) is -0.143. The van der Waals surface area contributed by atoms with Crippen molar-refractivity contribution in [1.29, 1.82) is 0 Å². The summed E-state index contributed by atoms with van der Waals surface area (Å²) in [6, 6.07) is 14.6. The fraction of sp³-hybridized carbons (Fsp3) is 0.0667. The van der Waals surface area contributed by atoms with Crippen molar-refractivity contribution in [2.24, 2.45) is 5.16 Å². The highest BCUT2D eigenvalue weighted by atomic mass is 127. The molecule has 0 spiro atoms. The Hall–Kier alpha value is -1.60. The molecule has 2 aromatic rings. The highest BCUT2D eigenvalue weighted by Gasteiger charge is 2.02. The van der Waals surface area contributed by atoms with Crippen LogP contribution in [0.2, 0.25) is 5.02 Å². The molecule has 2 rings (SSSR count). The number of rotatable bonds is 5. The fourth-order valence-electron chi connectivity index (χ4n) is 1.51. The minimum absolute atomic E-state index is 0.143. The zero-order chi connectivity index (χ0) is 15.1. The predicted molar refractivity (Wildman–Crippen MR) is 92.8 cm³/mol. The maximum atomic E-state index is 11.6. The van der Waals surface area contributed by atoms with E-state index < -0.39 is 0 Å². The monoisotopic (exact) mass is 414 g/mol. The third-order valence-electron chi connectivity index (χ3n) is 2.45. The van der Waals surface area contributed by atoms with E-state index in [9.17, 15) is 4.79 Å². The van der Waals surface area contributed by atoms with E-state index in [4.69, 9.17) is 16.4 Å². The van der Waals surface area contributed by atoms with E-state index in [1.807, 2.05) is 24.3 Å². The van der Waals surface area contributed by atoms with Crippen LogP contribution in [-0.2, 0) is 9.63 Å². The minimum Gasteiger partial charge on any atom is -0.386 e. The van der Waals surface area contributed by atoms with Crippen LogP contribution >= 0.6 is 34.2 Å². The van der Waals surface area contributed by atoms with Crippen LogP contribution in [0.5, 0.6) is 0 Å². The molecule has 0 aliphatic rings. The van der Waals surface area contributed by atoms with E-state index in [2.05, 4.69) is 33.1 Å². The van der Waals surface area contributed by atoms with Crippen LogP contribution in [0.3, 0.4) is 0 Å². The lowest BCUT2D eigenvalue weighted by atomic mass is 10.2. The van der Waals surface area contributed by atoms with Crippen molar-refractivity contribution in [1.82, 2.24) is 0 Å². The van der Waals surface area contributed by atoms with Crippen molar-refractivity contribution in [3.63, 3.8) is 0 Å². The number of halogens is 2. The van der Waals surface area contributed by atoms with E-state index in [0.29, 0.717) is 5.02 Å². The Kier molecular flexibility index (Phi) is 6.01. The van der Waals surface area contributed by atoms with Gasteiger partial charge in [0.1, 0.15) is 0 Å². The van der Waals surface area contributed by atoms with Crippen LogP contribution in [0.15, 0.2) is 53.7 Å². The van der Waals surface area contributed by atoms with E-state index in [1.165, 1.54) is 6.21 Å². The number of oxime groups is 1. The molecule has 4 nitrogen and oxygen atoms in total. The lowest BCUT2D eigenvalue weighted by Gasteiger charge is -2.04. The number of nitrogens with one attached hydrogen (secondary N) is 1. The number of benzene rings is 2. The molecule has 0 heterocycles. The van der Waals surface area contributed by atoms with Crippen molar-refractivity contribution in [2.75, 3.05) is 11.9 Å². The van der Waals surface area contributed by atoms with Gasteiger partial charge in [-0.1, -0.05) is 35.0 Å². The summed E-state index contributed by atoms with van der Waals surface area (Å²) in [5.41, 5.74) is 1.58. The number of hydrogen-bond acceptors (Lipinski definition) is 3. The highest BCUT2D eigenvalue weighted by molar-refractivity contribution is 14.1. The molecule has 0 aliphatic carbocycles. The molecule has 0 radical (unpaired) electrons. The summed E-state index contributed by atoms with van der Waals surface area (Å²) >= 11 is 7.95. The first-order valence-electron chi connectivity index (χ1n) is 6.10. The fourth-order valence-corrected chi connectivity index (χ4v) is 2.18. The molecular weight excluding hydrogens is 403 g/mol. The summed E-state index contributed by atoms with van der Waals surface area (Å²) in [5, 5.41) is 7.13. The SMILES string of the molecule is O=C(CO/N=C/c1ccc(Cl)cc1)Nc1cccc(I)c1. The first kappa shape index (κ1) is 15.8. The maximum absolute atomic E-state index is 11.6. The molecule has 0 aromatic heterocycles. The van der Waals surface area contributed by atoms with Gasteiger partial charge in [0.05, 0.1) is 6.21 Å². The molecule has 6 heteroatoms. The van der Waals surface area contributed by atoms with Gasteiger partial charge < -0.3 is 10.2 Å². The minimum atomic E-state index is -0.259. The first-order chi connectivity index (χ1) is 10.1. The summed E-state index contributed by atoms with van der Waals surface area (Å²) in [4.78, 5) is 16.6. The Labute approximate surface area is 141 Å². The zero-order valence-corrected chi connectivity index (χ0v) is 13.8. The lowest BCUT2D eigenvalue weighted by Crippen LogP contribution is -2.16. The van der Waals surface area contributed by atoms with Crippen LogP contribution in [0.1, 0.15) is 5.56 Å². The van der Waals surface area contributed by atoms with Crippen molar-refractivity contribution in [2.45, 2.75) is 0 Å². The summed E-state index contributed by atoms with van der Waals surface area (Å²) < 4.78 is 1.05. The number of carbonyl (C=O) groups is 1. The molecule has 0 unspecified atom stereocenters. The van der Waals surface area contributed by atoms with Gasteiger partial charge in [0.15, 0.2) is 6.61 Å². The lowest BCUT2D eigenvalue weighted by molar-refractivity contribution is -0.120. The smallest absolute Gasteiger partial charge is 0.265 e. The Balaban J connectivity index is 1.78. The summed E-state index contributed by atoms with van der Waals surface area (Å²) in [7, 11) is 0. The third kappa shape index (κ3) is 5.73. The van der Waals surface area contributed by atoms with E-state index in [1.54, 1.807) is 24.3 Å². The van der Waals surface area contributed by atoms with Gasteiger partial charge in [0.2, 0.25) is 0 Å². The van der Waals surface area contributed by atoms with Gasteiger partial charge in [-0.2, -0.15) is 0 Å². The van der Waals surface area contributed by atoms with Gasteiger partial charge >= 0.3 is 0 Å². The first-order valence-corrected chi connectivity index (χ1v) is 7.55. The molecule has 0 aliphatic heterocycles. The number of nitrogens with zero attached hydrogens (tertiary/aromatic N) is 1. The summed E-state index contributed by atoms with van der Waals surface area (Å²) in [6.07, 6.45) is 1.52. The van der Waals surface area contributed by atoms with E-state index >= 15 is 0 Å². The van der Waals surface area contributed by atoms with Crippen LogP contribution in [-0.4, -0.2) is 18.7 Å². The Morgan fingerprint density at radius 3 is 2.76 bits per heavy atom. The molecule has 1 N–H and O–H groups in total. The Bertz CT molecular complexity index is 644. The topological polar surface area (TPSA) is 50.7 Å². The van der Waals surface area contributed by atoms with Crippen molar-refractivity contribution >= 4 is 52.0 Å². The van der Waals surface area contributed by atoms with Gasteiger partial charge in [-0.25, -0.2) is 0 Å². The van der Waals surface area contributed by atoms with E-state index in [0.717, 1.165) is 14.8 Å². The number of amides is 1. The molecule has 0 saturated carbocycles. The van der Waals surface area contributed by atoms with Crippen LogP contribution < -0.4 is 5.32 Å². The second-order valence-electron chi connectivity index (χ2n) is 4.12. The van der Waals surface area contributed by atoms with Gasteiger partial charge in [0.25, 0.3) is 5.91 Å². The Morgan fingerprint density at radius 1 is 1.29 bits per heavy atom. The molecular formula is C15H12ClIN2O2.